The molecule has 0 fully saturated rings. The van der Waals surface area contributed by atoms with E-state index < -0.39 is 11.4 Å². The molecule has 1 N–H and O–H groups in total. The molecular weight excluding hydrogens is 347 g/mol. The number of hydrogen-bond acceptors (Lipinski definition) is 3. The number of Topliss-reactive ketones (excluding diaryl/α,β-unsaturated/α-hetero) is 1. The molecule has 3 nitrogen and oxygen atoms in total. The SMILES string of the molecule is CC(=O)C1=CC(c2ccc(Cl)cc2)(c2ccc(Cl)cc2)OC1(C)O. The minimum atomic E-state index is -1.69. The van der Waals surface area contributed by atoms with Gasteiger partial charge in [0.2, 0.25) is 0 Å². The molecule has 1 aliphatic heterocycles. The number of ketones is 1. The van der Waals surface area contributed by atoms with E-state index in [-0.39, 0.29) is 11.4 Å². The summed E-state index contributed by atoms with van der Waals surface area (Å²) in [4.78, 5) is 12.0. The van der Waals surface area contributed by atoms with Crippen molar-refractivity contribution in [2.24, 2.45) is 0 Å². The molecule has 1 heterocycles. The first-order chi connectivity index (χ1) is 11.2. The van der Waals surface area contributed by atoms with Crippen molar-refractivity contribution in [1.29, 1.82) is 0 Å². The molecule has 24 heavy (non-hydrogen) atoms. The highest BCUT2D eigenvalue weighted by atomic mass is 35.5. The van der Waals surface area contributed by atoms with E-state index in [9.17, 15) is 9.90 Å². The molecule has 1 unspecified atom stereocenters. The van der Waals surface area contributed by atoms with Gasteiger partial charge in [0, 0.05) is 10.0 Å². The standard InChI is InChI=1S/C19H16Cl2O3/c1-12(22)17-11-19(24-18(17,2)23,13-3-7-15(20)8-4-13)14-5-9-16(21)10-6-14/h3-11,23H,1-2H3. The fourth-order valence-corrected chi connectivity index (χ4v) is 3.26. The molecule has 0 saturated carbocycles. The molecule has 1 aliphatic rings. The Hall–Kier alpha value is -1.65. The summed E-state index contributed by atoms with van der Waals surface area (Å²) >= 11 is 12.0. The van der Waals surface area contributed by atoms with Gasteiger partial charge >= 0.3 is 0 Å². The Bertz CT molecular complexity index is 760. The molecule has 5 heteroatoms. The van der Waals surface area contributed by atoms with Crippen LogP contribution >= 0.6 is 23.2 Å². The molecule has 0 spiro atoms. The maximum atomic E-state index is 12.0. The highest BCUT2D eigenvalue weighted by molar-refractivity contribution is 6.30. The first kappa shape index (κ1) is 17.2. The normalized spacial score (nSPS) is 22.3. The predicted molar refractivity (Wildman–Crippen MR) is 94.2 cm³/mol. The smallest absolute Gasteiger partial charge is 0.194 e. The summed E-state index contributed by atoms with van der Waals surface area (Å²) in [5.74, 6) is -1.93. The summed E-state index contributed by atoms with van der Waals surface area (Å²) in [7, 11) is 0. The van der Waals surface area contributed by atoms with Gasteiger partial charge in [0.25, 0.3) is 0 Å². The van der Waals surface area contributed by atoms with Crippen molar-refractivity contribution in [3.8, 4) is 0 Å². The number of carbonyl (C=O) groups is 1. The average molecular weight is 363 g/mol. The Morgan fingerprint density at radius 2 is 1.38 bits per heavy atom. The van der Waals surface area contributed by atoms with Gasteiger partial charge in [-0.25, -0.2) is 0 Å². The van der Waals surface area contributed by atoms with Gasteiger partial charge in [0.1, 0.15) is 5.60 Å². The fraction of sp³-hybridized carbons (Fsp3) is 0.211. The molecule has 0 bridgehead atoms. The van der Waals surface area contributed by atoms with Crippen molar-refractivity contribution in [1.82, 2.24) is 0 Å². The van der Waals surface area contributed by atoms with Crippen molar-refractivity contribution >= 4 is 29.0 Å². The topological polar surface area (TPSA) is 46.5 Å². The molecule has 124 valence electrons. The summed E-state index contributed by atoms with van der Waals surface area (Å²) in [5.41, 5.74) is 0.628. The molecule has 0 radical (unpaired) electrons. The highest BCUT2D eigenvalue weighted by Crippen LogP contribution is 2.47. The van der Waals surface area contributed by atoms with Gasteiger partial charge < -0.3 is 9.84 Å². The minimum Gasteiger partial charge on any atom is -0.362 e. The van der Waals surface area contributed by atoms with Gasteiger partial charge in [0.05, 0.1) is 5.57 Å². The molecule has 0 aliphatic carbocycles. The second kappa shape index (κ2) is 6.01. The van der Waals surface area contributed by atoms with Crippen molar-refractivity contribution < 1.29 is 14.6 Å². The summed E-state index contributed by atoms with van der Waals surface area (Å²) in [6.45, 7) is 2.87. The predicted octanol–water partition coefficient (Wildman–Crippen LogP) is 4.49. The first-order valence-corrected chi connectivity index (χ1v) is 8.19. The quantitative estimate of drug-likeness (QED) is 0.874. The van der Waals surface area contributed by atoms with E-state index in [1.807, 2.05) is 24.3 Å². The third-order valence-corrected chi connectivity index (χ3v) is 4.64. The van der Waals surface area contributed by atoms with Crippen LogP contribution in [0.3, 0.4) is 0 Å². The Morgan fingerprint density at radius 3 is 1.71 bits per heavy atom. The van der Waals surface area contributed by atoms with Crippen LogP contribution in [0.25, 0.3) is 0 Å². The van der Waals surface area contributed by atoms with Crippen molar-refractivity contribution in [3.05, 3.63) is 81.4 Å². The number of benzene rings is 2. The van der Waals surface area contributed by atoms with Crippen molar-refractivity contribution in [3.63, 3.8) is 0 Å². The zero-order chi connectivity index (χ0) is 17.5. The largest absolute Gasteiger partial charge is 0.362 e. The maximum absolute atomic E-state index is 12.0. The maximum Gasteiger partial charge on any atom is 0.194 e. The molecule has 0 aromatic heterocycles. The van der Waals surface area contributed by atoms with Gasteiger partial charge in [-0.1, -0.05) is 47.5 Å². The Kier molecular flexibility index (Phi) is 4.30. The number of rotatable bonds is 3. The molecule has 0 saturated heterocycles. The molecular formula is C19H16Cl2O3. The van der Waals surface area contributed by atoms with Crippen molar-refractivity contribution in [2.75, 3.05) is 0 Å². The van der Waals surface area contributed by atoms with Crippen LogP contribution in [0.2, 0.25) is 10.0 Å². The third-order valence-electron chi connectivity index (χ3n) is 4.13. The lowest BCUT2D eigenvalue weighted by atomic mass is 9.85. The van der Waals surface area contributed by atoms with Crippen LogP contribution in [-0.2, 0) is 15.1 Å². The van der Waals surface area contributed by atoms with Crippen molar-refractivity contribution in [2.45, 2.75) is 25.2 Å². The number of carbonyl (C=O) groups excluding carboxylic acids is 1. The van der Waals surface area contributed by atoms with Gasteiger partial charge in [-0.3, -0.25) is 4.79 Å². The fourth-order valence-electron chi connectivity index (χ4n) is 3.01. The molecule has 3 rings (SSSR count). The highest BCUT2D eigenvalue weighted by Gasteiger charge is 2.49. The number of hydrogen-bond donors (Lipinski definition) is 1. The van der Waals surface area contributed by atoms with E-state index in [1.54, 1.807) is 30.3 Å². The van der Waals surface area contributed by atoms with Crippen LogP contribution < -0.4 is 0 Å². The van der Waals surface area contributed by atoms with Crippen LogP contribution in [0.1, 0.15) is 25.0 Å². The monoisotopic (exact) mass is 362 g/mol. The Labute approximate surface area is 150 Å². The van der Waals surface area contributed by atoms with Gasteiger partial charge in [-0.15, -0.1) is 0 Å². The summed E-state index contributed by atoms with van der Waals surface area (Å²) in [6, 6.07) is 14.2. The van der Waals surface area contributed by atoms with Gasteiger partial charge in [-0.2, -0.15) is 0 Å². The van der Waals surface area contributed by atoms with E-state index in [0.29, 0.717) is 10.0 Å². The Balaban J connectivity index is 2.25. The minimum absolute atomic E-state index is 0.215. The summed E-state index contributed by atoms with van der Waals surface area (Å²) < 4.78 is 6.02. The summed E-state index contributed by atoms with van der Waals surface area (Å²) in [5, 5.41) is 11.8. The van der Waals surface area contributed by atoms with E-state index >= 15 is 0 Å². The number of halogens is 2. The third kappa shape index (κ3) is 2.89. The van der Waals surface area contributed by atoms with E-state index in [4.69, 9.17) is 27.9 Å². The second-order valence-electron chi connectivity index (χ2n) is 5.95. The van der Waals surface area contributed by atoms with Crippen LogP contribution in [0.4, 0.5) is 0 Å². The van der Waals surface area contributed by atoms with Crippen LogP contribution in [0, 0.1) is 0 Å². The van der Waals surface area contributed by atoms with E-state index in [0.717, 1.165) is 11.1 Å². The van der Waals surface area contributed by atoms with E-state index in [1.165, 1.54) is 13.8 Å². The zero-order valence-corrected chi connectivity index (χ0v) is 14.7. The van der Waals surface area contributed by atoms with E-state index in [2.05, 4.69) is 0 Å². The summed E-state index contributed by atoms with van der Waals surface area (Å²) in [6.07, 6.45) is 1.67. The zero-order valence-electron chi connectivity index (χ0n) is 13.2. The lowest BCUT2D eigenvalue weighted by molar-refractivity contribution is -0.193. The molecule has 0 amide bonds. The van der Waals surface area contributed by atoms with Crippen LogP contribution in [0.5, 0.6) is 0 Å². The number of aliphatic hydroxyl groups is 1. The van der Waals surface area contributed by atoms with Crippen LogP contribution in [-0.4, -0.2) is 16.7 Å². The molecule has 2 aromatic carbocycles. The second-order valence-corrected chi connectivity index (χ2v) is 6.82. The van der Waals surface area contributed by atoms with Crippen LogP contribution in [0.15, 0.2) is 60.2 Å². The average Bonchev–Trinajstić information content (AvgIpc) is 2.81. The lowest BCUT2D eigenvalue weighted by Gasteiger charge is -2.32. The Morgan fingerprint density at radius 1 is 0.958 bits per heavy atom. The number of ether oxygens (including phenoxy) is 1. The molecule has 1 atom stereocenters. The lowest BCUT2D eigenvalue weighted by Crippen LogP contribution is -2.36. The van der Waals surface area contributed by atoms with Gasteiger partial charge in [0.15, 0.2) is 11.6 Å². The first-order valence-electron chi connectivity index (χ1n) is 7.43. The van der Waals surface area contributed by atoms with Gasteiger partial charge in [-0.05, 0) is 55.3 Å². The molecule has 2 aromatic rings.